The number of hydrogen-bond acceptors (Lipinski definition) is 3. The summed E-state index contributed by atoms with van der Waals surface area (Å²) in [5.74, 6) is 0.0869. The molecule has 2 aromatic carbocycles. The summed E-state index contributed by atoms with van der Waals surface area (Å²) in [6, 6.07) is 18.1. The second kappa shape index (κ2) is 8.96. The Morgan fingerprint density at radius 3 is 2.15 bits per heavy atom. The molecule has 1 saturated heterocycles. The number of rotatable bonds is 6. The molecule has 4 heteroatoms. The Hall–Kier alpha value is -2.46. The number of likely N-dealkylation sites (N-methyl/N-ethyl adjacent to an activating group) is 1. The summed E-state index contributed by atoms with van der Waals surface area (Å²) >= 11 is 0. The van der Waals surface area contributed by atoms with E-state index in [1.165, 1.54) is 12.5 Å². The van der Waals surface area contributed by atoms with Gasteiger partial charge >= 0.3 is 0 Å². The summed E-state index contributed by atoms with van der Waals surface area (Å²) in [4.78, 5) is 28.4. The zero-order chi connectivity index (χ0) is 19.2. The predicted molar refractivity (Wildman–Crippen MR) is 108 cm³/mol. The van der Waals surface area contributed by atoms with Gasteiger partial charge in [0.15, 0.2) is 5.78 Å². The lowest BCUT2D eigenvalue weighted by molar-refractivity contribution is 0.0646. The standard InChI is InChI=1S/C23H28N2O2/c1-18(26)20-8-10-21(11-9-20)23(27)25-16-13-22(14-17-25)24(2)15-12-19-6-4-3-5-7-19/h3-11,22H,12-17H2,1-2H3. The molecular formula is C23H28N2O2. The zero-order valence-corrected chi connectivity index (χ0v) is 16.2. The van der Waals surface area contributed by atoms with Crippen molar-refractivity contribution in [1.29, 1.82) is 0 Å². The highest BCUT2D eigenvalue weighted by molar-refractivity contribution is 5.97. The SMILES string of the molecule is CC(=O)c1ccc(C(=O)N2CCC(N(C)CCc3ccccc3)CC2)cc1. The largest absolute Gasteiger partial charge is 0.339 e. The van der Waals surface area contributed by atoms with Gasteiger partial charge in [-0.2, -0.15) is 0 Å². The van der Waals surface area contributed by atoms with Crippen molar-refractivity contribution in [3.8, 4) is 0 Å². The summed E-state index contributed by atoms with van der Waals surface area (Å²) in [5, 5.41) is 0. The van der Waals surface area contributed by atoms with Gasteiger partial charge in [0.25, 0.3) is 5.91 Å². The van der Waals surface area contributed by atoms with Gasteiger partial charge in [0, 0.05) is 36.8 Å². The molecule has 0 N–H and O–H groups in total. The first-order valence-corrected chi connectivity index (χ1v) is 9.69. The van der Waals surface area contributed by atoms with E-state index >= 15 is 0 Å². The van der Waals surface area contributed by atoms with E-state index in [1.807, 2.05) is 11.0 Å². The smallest absolute Gasteiger partial charge is 0.253 e. The summed E-state index contributed by atoms with van der Waals surface area (Å²) in [7, 11) is 2.19. The number of likely N-dealkylation sites (tertiary alicyclic amines) is 1. The number of carbonyl (C=O) groups is 2. The van der Waals surface area contributed by atoms with Crippen molar-refractivity contribution in [2.75, 3.05) is 26.7 Å². The van der Waals surface area contributed by atoms with E-state index in [1.54, 1.807) is 24.3 Å². The van der Waals surface area contributed by atoms with Crippen molar-refractivity contribution >= 4 is 11.7 Å². The van der Waals surface area contributed by atoms with E-state index in [0.717, 1.165) is 38.9 Å². The van der Waals surface area contributed by atoms with Crippen molar-refractivity contribution < 1.29 is 9.59 Å². The molecule has 1 heterocycles. The Labute approximate surface area is 161 Å². The third-order valence-electron chi connectivity index (χ3n) is 5.51. The Balaban J connectivity index is 1.49. The molecule has 142 valence electrons. The lowest BCUT2D eigenvalue weighted by Crippen LogP contribution is -2.46. The maximum atomic E-state index is 12.7. The molecule has 0 aromatic heterocycles. The third-order valence-corrected chi connectivity index (χ3v) is 5.51. The molecule has 0 aliphatic carbocycles. The van der Waals surface area contributed by atoms with Crippen LogP contribution in [0.15, 0.2) is 54.6 Å². The van der Waals surface area contributed by atoms with Crippen LogP contribution in [0.4, 0.5) is 0 Å². The number of nitrogens with zero attached hydrogens (tertiary/aromatic N) is 2. The van der Waals surface area contributed by atoms with Crippen molar-refractivity contribution in [1.82, 2.24) is 9.80 Å². The van der Waals surface area contributed by atoms with Gasteiger partial charge in [-0.3, -0.25) is 9.59 Å². The predicted octanol–water partition coefficient (Wildman–Crippen LogP) is 3.67. The number of ketones is 1. The molecule has 0 spiro atoms. The summed E-state index contributed by atoms with van der Waals surface area (Å²) in [6.45, 7) is 4.15. The van der Waals surface area contributed by atoms with Gasteiger partial charge in [-0.25, -0.2) is 0 Å². The van der Waals surface area contributed by atoms with Crippen LogP contribution in [-0.4, -0.2) is 54.2 Å². The van der Waals surface area contributed by atoms with Crippen LogP contribution in [0.1, 0.15) is 46.0 Å². The summed E-state index contributed by atoms with van der Waals surface area (Å²) in [6.07, 6.45) is 3.06. The van der Waals surface area contributed by atoms with Crippen molar-refractivity contribution in [3.05, 3.63) is 71.3 Å². The highest BCUT2D eigenvalue weighted by atomic mass is 16.2. The Kier molecular flexibility index (Phi) is 6.40. The normalized spacial score (nSPS) is 15.1. The average Bonchev–Trinajstić information content (AvgIpc) is 2.72. The van der Waals surface area contributed by atoms with Gasteiger partial charge in [0.1, 0.15) is 0 Å². The highest BCUT2D eigenvalue weighted by Crippen LogP contribution is 2.18. The van der Waals surface area contributed by atoms with Crippen LogP contribution in [0.25, 0.3) is 0 Å². The van der Waals surface area contributed by atoms with Crippen molar-refractivity contribution in [2.24, 2.45) is 0 Å². The molecule has 1 aliphatic heterocycles. The van der Waals surface area contributed by atoms with Gasteiger partial charge in [-0.1, -0.05) is 42.5 Å². The Bertz CT molecular complexity index is 763. The average molecular weight is 364 g/mol. The second-order valence-corrected chi connectivity index (χ2v) is 7.37. The molecule has 1 aliphatic rings. The fraction of sp³-hybridized carbons (Fsp3) is 0.391. The van der Waals surface area contributed by atoms with E-state index in [2.05, 4.69) is 36.2 Å². The zero-order valence-electron chi connectivity index (χ0n) is 16.2. The molecule has 1 fully saturated rings. The van der Waals surface area contributed by atoms with Crippen molar-refractivity contribution in [2.45, 2.75) is 32.2 Å². The van der Waals surface area contributed by atoms with E-state index in [0.29, 0.717) is 17.2 Å². The highest BCUT2D eigenvalue weighted by Gasteiger charge is 2.25. The monoisotopic (exact) mass is 364 g/mol. The van der Waals surface area contributed by atoms with Crippen LogP contribution in [-0.2, 0) is 6.42 Å². The third kappa shape index (κ3) is 5.04. The van der Waals surface area contributed by atoms with Crippen LogP contribution in [0.2, 0.25) is 0 Å². The lowest BCUT2D eigenvalue weighted by atomic mass is 10.0. The number of Topliss-reactive ketones (excluding diaryl/α,β-unsaturated/α-hetero) is 1. The molecule has 27 heavy (non-hydrogen) atoms. The summed E-state index contributed by atoms with van der Waals surface area (Å²) < 4.78 is 0. The minimum absolute atomic E-state index is 0.0216. The molecule has 0 radical (unpaired) electrons. The number of hydrogen-bond donors (Lipinski definition) is 0. The van der Waals surface area contributed by atoms with E-state index in [-0.39, 0.29) is 11.7 Å². The van der Waals surface area contributed by atoms with Gasteiger partial charge in [-0.05, 0) is 50.9 Å². The van der Waals surface area contributed by atoms with Crippen LogP contribution in [0.5, 0.6) is 0 Å². The minimum Gasteiger partial charge on any atom is -0.339 e. The fourth-order valence-electron chi connectivity index (χ4n) is 3.67. The molecule has 1 amide bonds. The lowest BCUT2D eigenvalue weighted by Gasteiger charge is -2.37. The maximum Gasteiger partial charge on any atom is 0.253 e. The van der Waals surface area contributed by atoms with Crippen molar-refractivity contribution in [3.63, 3.8) is 0 Å². The Morgan fingerprint density at radius 1 is 0.963 bits per heavy atom. The van der Waals surface area contributed by atoms with Gasteiger partial charge in [0.05, 0.1) is 0 Å². The van der Waals surface area contributed by atoms with Gasteiger partial charge in [0.2, 0.25) is 0 Å². The number of benzene rings is 2. The molecule has 4 nitrogen and oxygen atoms in total. The van der Waals surface area contributed by atoms with Gasteiger partial charge < -0.3 is 9.80 Å². The maximum absolute atomic E-state index is 12.7. The van der Waals surface area contributed by atoms with E-state index in [9.17, 15) is 9.59 Å². The molecule has 3 rings (SSSR count). The first-order valence-electron chi connectivity index (χ1n) is 9.69. The summed E-state index contributed by atoms with van der Waals surface area (Å²) in [5.41, 5.74) is 2.67. The Morgan fingerprint density at radius 2 is 1.56 bits per heavy atom. The van der Waals surface area contributed by atoms with E-state index in [4.69, 9.17) is 0 Å². The molecule has 0 bridgehead atoms. The minimum atomic E-state index is 0.0216. The van der Waals surface area contributed by atoms with Crippen LogP contribution >= 0.6 is 0 Å². The first kappa shape index (κ1) is 19.3. The molecule has 2 aromatic rings. The number of piperidine rings is 1. The fourth-order valence-corrected chi connectivity index (χ4v) is 3.67. The van der Waals surface area contributed by atoms with Crippen LogP contribution in [0.3, 0.4) is 0 Å². The second-order valence-electron chi connectivity index (χ2n) is 7.37. The first-order chi connectivity index (χ1) is 13.0. The quantitative estimate of drug-likeness (QED) is 0.735. The molecule has 0 atom stereocenters. The molecule has 0 saturated carbocycles. The van der Waals surface area contributed by atoms with Gasteiger partial charge in [-0.15, -0.1) is 0 Å². The molecular weight excluding hydrogens is 336 g/mol. The number of carbonyl (C=O) groups excluding carboxylic acids is 2. The van der Waals surface area contributed by atoms with Crippen LogP contribution in [0, 0.1) is 0 Å². The van der Waals surface area contributed by atoms with Crippen LogP contribution < -0.4 is 0 Å². The number of amides is 1. The molecule has 0 unspecified atom stereocenters. The van der Waals surface area contributed by atoms with E-state index < -0.39 is 0 Å². The topological polar surface area (TPSA) is 40.6 Å².